The fourth-order valence-corrected chi connectivity index (χ4v) is 8.57. The fourth-order valence-electron chi connectivity index (χ4n) is 2.73. The molecule has 1 fully saturated rings. The summed E-state index contributed by atoms with van der Waals surface area (Å²) in [7, 11) is -2.08. The van der Waals surface area contributed by atoms with E-state index in [1.54, 1.807) is 0 Å². The Labute approximate surface area is 116 Å². The highest BCUT2D eigenvalue weighted by Crippen LogP contribution is 2.40. The topological polar surface area (TPSA) is 18.5 Å². The molecule has 0 aromatic rings. The highest BCUT2D eigenvalue weighted by Gasteiger charge is 2.46. The molecular formula is C13H27BrO2Si. The SMILES string of the molecule is CC(C)O[Si](CBr)(OC(C)C)C1CCCCC1. The summed E-state index contributed by atoms with van der Waals surface area (Å²) in [5.41, 5.74) is 0.667. The second-order valence-corrected chi connectivity index (χ2v) is 10.5. The number of hydrogen-bond acceptors (Lipinski definition) is 2. The van der Waals surface area contributed by atoms with Crippen LogP contribution in [0.1, 0.15) is 59.8 Å². The van der Waals surface area contributed by atoms with E-state index in [2.05, 4.69) is 43.6 Å². The van der Waals surface area contributed by atoms with E-state index in [1.165, 1.54) is 32.1 Å². The van der Waals surface area contributed by atoms with Crippen LogP contribution in [0.15, 0.2) is 0 Å². The van der Waals surface area contributed by atoms with Gasteiger partial charge in [-0.2, -0.15) is 0 Å². The Bertz CT molecular complexity index is 205. The standard InChI is InChI=1S/C13H27BrO2Si/c1-11(2)15-17(10-14,16-12(3)4)13-8-6-5-7-9-13/h11-13H,5-10H2,1-4H3. The molecule has 0 heterocycles. The molecule has 102 valence electrons. The average Bonchev–Trinajstić information content (AvgIpc) is 2.28. The molecule has 0 amide bonds. The van der Waals surface area contributed by atoms with Crippen LogP contribution in [0, 0.1) is 0 Å². The predicted octanol–water partition coefficient (Wildman–Crippen LogP) is 4.55. The molecule has 0 radical (unpaired) electrons. The van der Waals surface area contributed by atoms with Gasteiger partial charge >= 0.3 is 8.56 Å². The Kier molecular flexibility index (Phi) is 6.70. The molecule has 0 N–H and O–H groups in total. The van der Waals surface area contributed by atoms with Gasteiger partial charge in [-0.3, -0.25) is 0 Å². The minimum Gasteiger partial charge on any atom is -0.391 e. The van der Waals surface area contributed by atoms with Crippen LogP contribution in [-0.2, 0) is 8.85 Å². The number of alkyl halides is 1. The first-order valence-corrected chi connectivity index (χ1v) is 10.1. The molecule has 0 atom stereocenters. The van der Waals surface area contributed by atoms with E-state index in [4.69, 9.17) is 8.85 Å². The molecule has 0 aromatic heterocycles. The molecule has 4 heteroatoms. The second kappa shape index (κ2) is 7.27. The van der Waals surface area contributed by atoms with Gasteiger partial charge in [0.25, 0.3) is 0 Å². The Morgan fingerprint density at radius 3 is 1.82 bits per heavy atom. The predicted molar refractivity (Wildman–Crippen MR) is 78.8 cm³/mol. The quantitative estimate of drug-likeness (QED) is 0.527. The molecule has 0 saturated heterocycles. The zero-order valence-electron chi connectivity index (χ0n) is 11.7. The number of halogens is 1. The summed E-state index contributed by atoms with van der Waals surface area (Å²) < 4.78 is 12.6. The average molecular weight is 323 g/mol. The Hall–Kier alpha value is 0.617. The van der Waals surface area contributed by atoms with Crippen molar-refractivity contribution in [1.82, 2.24) is 0 Å². The molecule has 0 aromatic carbocycles. The van der Waals surface area contributed by atoms with Crippen molar-refractivity contribution in [3.63, 3.8) is 0 Å². The van der Waals surface area contributed by atoms with Crippen molar-refractivity contribution < 1.29 is 8.85 Å². The lowest BCUT2D eigenvalue weighted by Crippen LogP contribution is -2.52. The zero-order valence-corrected chi connectivity index (χ0v) is 14.3. The first kappa shape index (κ1) is 15.7. The van der Waals surface area contributed by atoms with Gasteiger partial charge in [-0.25, -0.2) is 0 Å². The van der Waals surface area contributed by atoms with Crippen LogP contribution in [0.2, 0.25) is 5.54 Å². The van der Waals surface area contributed by atoms with Crippen LogP contribution in [0.4, 0.5) is 0 Å². The van der Waals surface area contributed by atoms with Gasteiger partial charge in [-0.05, 0) is 40.5 Å². The van der Waals surface area contributed by atoms with Crippen molar-refractivity contribution in [3.8, 4) is 0 Å². The van der Waals surface area contributed by atoms with E-state index in [0.29, 0.717) is 5.54 Å². The lowest BCUT2D eigenvalue weighted by Gasteiger charge is -2.40. The van der Waals surface area contributed by atoms with Gasteiger partial charge in [0.15, 0.2) is 0 Å². The van der Waals surface area contributed by atoms with Gasteiger partial charge in [-0.15, -0.1) is 0 Å². The Morgan fingerprint density at radius 2 is 1.47 bits per heavy atom. The lowest BCUT2D eigenvalue weighted by molar-refractivity contribution is 0.0966. The summed E-state index contributed by atoms with van der Waals surface area (Å²) in [5, 5.41) is 0. The minimum atomic E-state index is -2.08. The first-order chi connectivity index (χ1) is 8.00. The largest absolute Gasteiger partial charge is 0.391 e. The molecule has 0 unspecified atom stereocenters. The third-order valence-electron chi connectivity index (χ3n) is 3.28. The third kappa shape index (κ3) is 4.65. The smallest absolute Gasteiger partial charge is 0.352 e. The molecule has 1 saturated carbocycles. The van der Waals surface area contributed by atoms with Crippen molar-refractivity contribution in [2.45, 2.75) is 77.5 Å². The van der Waals surface area contributed by atoms with Crippen molar-refractivity contribution in [2.24, 2.45) is 0 Å². The van der Waals surface area contributed by atoms with Gasteiger partial charge in [0.1, 0.15) is 0 Å². The van der Waals surface area contributed by atoms with E-state index in [9.17, 15) is 0 Å². The summed E-state index contributed by atoms with van der Waals surface area (Å²) in [6.45, 7) is 8.49. The fraction of sp³-hybridized carbons (Fsp3) is 1.00. The van der Waals surface area contributed by atoms with Gasteiger partial charge in [0.05, 0.1) is 0 Å². The maximum Gasteiger partial charge on any atom is 0.352 e. The van der Waals surface area contributed by atoms with E-state index in [0.717, 1.165) is 4.95 Å². The molecule has 2 nitrogen and oxygen atoms in total. The van der Waals surface area contributed by atoms with E-state index in [1.807, 2.05) is 0 Å². The molecule has 1 aliphatic carbocycles. The molecule has 0 spiro atoms. The van der Waals surface area contributed by atoms with E-state index in [-0.39, 0.29) is 12.2 Å². The van der Waals surface area contributed by atoms with Crippen LogP contribution in [-0.4, -0.2) is 25.7 Å². The number of hydrogen-bond donors (Lipinski definition) is 0. The minimum absolute atomic E-state index is 0.264. The van der Waals surface area contributed by atoms with Crippen molar-refractivity contribution in [3.05, 3.63) is 0 Å². The second-order valence-electron chi connectivity index (χ2n) is 5.61. The van der Waals surface area contributed by atoms with Crippen LogP contribution >= 0.6 is 15.9 Å². The monoisotopic (exact) mass is 322 g/mol. The van der Waals surface area contributed by atoms with Gasteiger partial charge < -0.3 is 8.85 Å². The zero-order chi connectivity index (χ0) is 12.9. The number of rotatable bonds is 6. The summed E-state index contributed by atoms with van der Waals surface area (Å²) in [6, 6.07) is 0. The Balaban J connectivity index is 2.79. The van der Waals surface area contributed by atoms with Gasteiger partial charge in [-0.1, -0.05) is 35.2 Å². The highest BCUT2D eigenvalue weighted by atomic mass is 79.9. The van der Waals surface area contributed by atoms with Crippen LogP contribution in [0.5, 0.6) is 0 Å². The highest BCUT2D eigenvalue weighted by molar-refractivity contribution is 9.09. The van der Waals surface area contributed by atoms with Crippen LogP contribution in [0.25, 0.3) is 0 Å². The van der Waals surface area contributed by atoms with E-state index >= 15 is 0 Å². The summed E-state index contributed by atoms with van der Waals surface area (Å²) >= 11 is 3.68. The molecule has 0 aliphatic heterocycles. The van der Waals surface area contributed by atoms with Crippen molar-refractivity contribution in [2.75, 3.05) is 4.95 Å². The summed E-state index contributed by atoms with van der Waals surface area (Å²) in [6.07, 6.45) is 7.17. The summed E-state index contributed by atoms with van der Waals surface area (Å²) in [4.78, 5) is 0.904. The molecule has 0 bridgehead atoms. The summed E-state index contributed by atoms with van der Waals surface area (Å²) in [5.74, 6) is 0. The maximum atomic E-state index is 6.31. The van der Waals surface area contributed by atoms with Gasteiger partial charge in [0.2, 0.25) is 0 Å². The van der Waals surface area contributed by atoms with Crippen LogP contribution in [0.3, 0.4) is 0 Å². The lowest BCUT2D eigenvalue weighted by atomic mass is 10.0. The Morgan fingerprint density at radius 1 is 1.00 bits per heavy atom. The normalized spacial score (nSPS) is 19.2. The van der Waals surface area contributed by atoms with Crippen LogP contribution < -0.4 is 0 Å². The first-order valence-electron chi connectivity index (χ1n) is 6.92. The molecular weight excluding hydrogens is 296 g/mol. The molecule has 1 aliphatic rings. The van der Waals surface area contributed by atoms with Crippen molar-refractivity contribution >= 4 is 24.5 Å². The maximum absolute atomic E-state index is 6.31. The van der Waals surface area contributed by atoms with Crippen molar-refractivity contribution in [1.29, 1.82) is 0 Å². The molecule has 17 heavy (non-hydrogen) atoms. The third-order valence-corrected chi connectivity index (χ3v) is 9.56. The molecule has 1 rings (SSSR count). The van der Waals surface area contributed by atoms with Gasteiger partial charge in [0, 0.05) is 22.7 Å². The van der Waals surface area contributed by atoms with E-state index < -0.39 is 8.56 Å².